The zero-order valence-corrected chi connectivity index (χ0v) is 16.9. The van der Waals surface area contributed by atoms with E-state index >= 15 is 0 Å². The molecule has 1 atom stereocenters. The molecule has 1 aromatic carbocycles. The number of rotatable bonds is 7. The third-order valence-electron chi connectivity index (χ3n) is 4.63. The minimum absolute atomic E-state index is 0.105. The third-order valence-corrected chi connectivity index (χ3v) is 6.65. The molecule has 1 amide bonds. The van der Waals surface area contributed by atoms with Gasteiger partial charge in [0.25, 0.3) is 5.91 Å². The van der Waals surface area contributed by atoms with Crippen molar-refractivity contribution in [2.24, 2.45) is 0 Å². The van der Waals surface area contributed by atoms with Crippen LogP contribution < -0.4 is 5.32 Å². The van der Waals surface area contributed by atoms with Crippen molar-refractivity contribution in [2.45, 2.75) is 63.5 Å². The summed E-state index contributed by atoms with van der Waals surface area (Å²) in [6.45, 7) is 9.27. The molecular formula is C19H30N2O4S. The highest BCUT2D eigenvalue weighted by Gasteiger charge is 2.37. The summed E-state index contributed by atoms with van der Waals surface area (Å²) in [6, 6.07) is 6.17. The number of hydrogen-bond acceptors (Lipinski definition) is 4. The summed E-state index contributed by atoms with van der Waals surface area (Å²) in [5.74, 6) is -0.251. The van der Waals surface area contributed by atoms with E-state index in [1.165, 1.54) is 6.07 Å². The number of carbonyl (C=O) groups is 1. The van der Waals surface area contributed by atoms with Gasteiger partial charge >= 0.3 is 0 Å². The van der Waals surface area contributed by atoms with Crippen molar-refractivity contribution < 1.29 is 17.9 Å². The molecule has 1 heterocycles. The van der Waals surface area contributed by atoms with Crippen molar-refractivity contribution >= 4 is 15.9 Å². The lowest BCUT2D eigenvalue weighted by molar-refractivity contribution is -0.0724. The zero-order chi connectivity index (χ0) is 19.4. The van der Waals surface area contributed by atoms with Gasteiger partial charge in [-0.25, -0.2) is 8.42 Å². The molecule has 1 saturated heterocycles. The Labute approximate surface area is 157 Å². The van der Waals surface area contributed by atoms with E-state index in [0.29, 0.717) is 38.1 Å². The summed E-state index contributed by atoms with van der Waals surface area (Å²) in [7, 11) is -3.68. The Morgan fingerprint density at radius 2 is 2.08 bits per heavy atom. The van der Waals surface area contributed by atoms with Gasteiger partial charge in [0.15, 0.2) is 0 Å². The molecule has 0 aromatic heterocycles. The van der Waals surface area contributed by atoms with Crippen LogP contribution in [0.15, 0.2) is 29.2 Å². The largest absolute Gasteiger partial charge is 0.375 e. The lowest BCUT2D eigenvalue weighted by atomic mass is 9.94. The summed E-state index contributed by atoms with van der Waals surface area (Å²) in [5, 5.41) is 2.78. The molecule has 26 heavy (non-hydrogen) atoms. The highest BCUT2D eigenvalue weighted by Crippen LogP contribution is 2.30. The summed E-state index contributed by atoms with van der Waals surface area (Å²) >= 11 is 0. The second-order valence-electron chi connectivity index (χ2n) is 7.25. The number of nitrogens with one attached hydrogen (secondary N) is 1. The Bertz CT molecular complexity index is 731. The molecule has 6 nitrogen and oxygen atoms in total. The molecule has 0 saturated carbocycles. The molecule has 1 aliphatic rings. The van der Waals surface area contributed by atoms with E-state index in [4.69, 9.17) is 4.74 Å². The number of hydrogen-bond donors (Lipinski definition) is 1. The van der Waals surface area contributed by atoms with Gasteiger partial charge in [0.05, 0.1) is 10.5 Å². The molecule has 0 bridgehead atoms. The molecule has 7 heteroatoms. The third kappa shape index (κ3) is 4.84. The van der Waals surface area contributed by atoms with Crippen molar-refractivity contribution in [3.63, 3.8) is 0 Å². The number of amides is 1. The first kappa shape index (κ1) is 20.9. The minimum Gasteiger partial charge on any atom is -0.375 e. The summed E-state index contributed by atoms with van der Waals surface area (Å²) in [4.78, 5) is 12.3. The van der Waals surface area contributed by atoms with E-state index in [9.17, 15) is 13.2 Å². The first-order valence-electron chi connectivity index (χ1n) is 9.25. The van der Waals surface area contributed by atoms with Crippen molar-refractivity contribution in [3.8, 4) is 0 Å². The molecule has 1 fully saturated rings. The van der Waals surface area contributed by atoms with Crippen LogP contribution in [-0.2, 0) is 14.8 Å². The maximum Gasteiger partial charge on any atom is 0.251 e. The average molecular weight is 383 g/mol. The first-order chi connectivity index (χ1) is 12.2. The minimum atomic E-state index is -3.68. The van der Waals surface area contributed by atoms with Gasteiger partial charge in [-0.15, -0.1) is 0 Å². The first-order valence-corrected chi connectivity index (χ1v) is 10.7. The van der Waals surface area contributed by atoms with Gasteiger partial charge in [0, 0.05) is 31.3 Å². The average Bonchev–Trinajstić information content (AvgIpc) is 2.59. The Kier molecular flexibility index (Phi) is 6.82. The molecular weight excluding hydrogens is 352 g/mol. The van der Waals surface area contributed by atoms with Crippen LogP contribution in [0.3, 0.4) is 0 Å². The SMILES string of the molecule is CCCNC(=O)c1cccc(S(=O)(=O)N(CC)[C@@H]2CCOC(C)(C)C2)c1. The molecule has 1 aromatic rings. The van der Waals surface area contributed by atoms with E-state index in [2.05, 4.69) is 5.32 Å². The summed E-state index contributed by atoms with van der Waals surface area (Å²) < 4.78 is 33.7. The van der Waals surface area contributed by atoms with Crippen LogP contribution in [0, 0.1) is 0 Å². The standard InChI is InChI=1S/C19H30N2O4S/c1-5-11-20-18(22)15-8-7-9-17(13-15)26(23,24)21(6-2)16-10-12-25-19(3,4)14-16/h7-9,13,16H,5-6,10-12,14H2,1-4H3,(H,20,22)/t16-/m1/s1. The highest BCUT2D eigenvalue weighted by molar-refractivity contribution is 7.89. The number of ether oxygens (including phenoxy) is 1. The van der Waals surface area contributed by atoms with Crippen LogP contribution in [0.5, 0.6) is 0 Å². The molecule has 1 aliphatic heterocycles. The lowest BCUT2D eigenvalue weighted by Crippen LogP contribution is -2.48. The molecule has 146 valence electrons. The van der Waals surface area contributed by atoms with Crippen molar-refractivity contribution in [1.82, 2.24) is 9.62 Å². The monoisotopic (exact) mass is 382 g/mol. The smallest absolute Gasteiger partial charge is 0.251 e. The second kappa shape index (κ2) is 8.50. The Balaban J connectivity index is 2.28. The Hall–Kier alpha value is -1.44. The van der Waals surface area contributed by atoms with Crippen LogP contribution in [0.4, 0.5) is 0 Å². The van der Waals surface area contributed by atoms with Crippen molar-refractivity contribution in [2.75, 3.05) is 19.7 Å². The molecule has 0 spiro atoms. The van der Waals surface area contributed by atoms with Gasteiger partial charge in [0.2, 0.25) is 10.0 Å². The van der Waals surface area contributed by atoms with Crippen LogP contribution >= 0.6 is 0 Å². The predicted molar refractivity (Wildman–Crippen MR) is 102 cm³/mol. The Morgan fingerprint density at radius 1 is 1.35 bits per heavy atom. The fraction of sp³-hybridized carbons (Fsp3) is 0.632. The van der Waals surface area contributed by atoms with Crippen LogP contribution in [0.25, 0.3) is 0 Å². The van der Waals surface area contributed by atoms with Crippen LogP contribution in [0.2, 0.25) is 0 Å². The van der Waals surface area contributed by atoms with Gasteiger partial charge < -0.3 is 10.1 Å². The van der Waals surface area contributed by atoms with Gasteiger partial charge in [-0.1, -0.05) is 19.9 Å². The molecule has 0 radical (unpaired) electrons. The van der Waals surface area contributed by atoms with Gasteiger partial charge in [-0.2, -0.15) is 4.31 Å². The van der Waals surface area contributed by atoms with Gasteiger partial charge in [0.1, 0.15) is 0 Å². The molecule has 0 aliphatic carbocycles. The molecule has 0 unspecified atom stereocenters. The zero-order valence-electron chi connectivity index (χ0n) is 16.1. The van der Waals surface area contributed by atoms with Crippen molar-refractivity contribution in [1.29, 1.82) is 0 Å². The van der Waals surface area contributed by atoms with Crippen molar-refractivity contribution in [3.05, 3.63) is 29.8 Å². The topological polar surface area (TPSA) is 75.7 Å². The number of nitrogens with zero attached hydrogens (tertiary/aromatic N) is 1. The molecule has 2 rings (SSSR count). The summed E-state index contributed by atoms with van der Waals surface area (Å²) in [6.07, 6.45) is 2.15. The van der Waals surface area contributed by atoms with E-state index in [1.807, 2.05) is 27.7 Å². The van der Waals surface area contributed by atoms with Crippen LogP contribution in [-0.4, -0.2) is 50.0 Å². The molecule has 1 N–H and O–H groups in total. The van der Waals surface area contributed by atoms with Crippen LogP contribution in [0.1, 0.15) is 57.3 Å². The number of benzene rings is 1. The van der Waals surface area contributed by atoms with E-state index in [1.54, 1.807) is 22.5 Å². The normalized spacial score (nSPS) is 20.1. The van der Waals surface area contributed by atoms with Gasteiger partial charge in [-0.05, 0) is 51.3 Å². The fourth-order valence-electron chi connectivity index (χ4n) is 3.34. The fourth-order valence-corrected chi connectivity index (χ4v) is 5.05. The Morgan fingerprint density at radius 3 is 2.69 bits per heavy atom. The number of carbonyl (C=O) groups excluding carboxylic acids is 1. The number of sulfonamides is 1. The van der Waals surface area contributed by atoms with E-state index in [0.717, 1.165) is 6.42 Å². The van der Waals surface area contributed by atoms with E-state index < -0.39 is 10.0 Å². The predicted octanol–water partition coefficient (Wildman–Crippen LogP) is 2.79. The highest BCUT2D eigenvalue weighted by atomic mass is 32.2. The van der Waals surface area contributed by atoms with Gasteiger partial charge in [-0.3, -0.25) is 4.79 Å². The maximum atomic E-state index is 13.2. The second-order valence-corrected chi connectivity index (χ2v) is 9.14. The quantitative estimate of drug-likeness (QED) is 0.787. The summed E-state index contributed by atoms with van der Waals surface area (Å²) in [5.41, 5.74) is 0.0242. The lowest BCUT2D eigenvalue weighted by Gasteiger charge is -2.40. The van der Waals surface area contributed by atoms with E-state index in [-0.39, 0.29) is 22.4 Å². The maximum absolute atomic E-state index is 13.2.